The Kier molecular flexibility index (Phi) is 6.66. The van der Waals surface area contributed by atoms with Gasteiger partial charge >= 0.3 is 12.1 Å². The average molecular weight is 383 g/mol. The molecule has 2 atom stereocenters. The summed E-state index contributed by atoms with van der Waals surface area (Å²) in [6.45, 7) is 4.41. The molecule has 1 aliphatic heterocycles. The molecule has 1 fully saturated rings. The van der Waals surface area contributed by atoms with E-state index in [0.717, 1.165) is 11.1 Å². The maximum absolute atomic E-state index is 12.8. The number of benzene rings is 2. The van der Waals surface area contributed by atoms with Gasteiger partial charge in [0, 0.05) is 0 Å². The number of epoxide rings is 1. The van der Waals surface area contributed by atoms with Crippen molar-refractivity contribution >= 4 is 12.1 Å². The van der Waals surface area contributed by atoms with Crippen LogP contribution in [0, 0.1) is 5.92 Å². The number of ether oxygens (including phenoxy) is 3. The van der Waals surface area contributed by atoms with Crippen molar-refractivity contribution in [2.75, 3.05) is 6.61 Å². The Morgan fingerprint density at radius 1 is 0.964 bits per heavy atom. The van der Waals surface area contributed by atoms with Crippen molar-refractivity contribution in [2.45, 2.75) is 39.3 Å². The Bertz CT molecular complexity index is 715. The molecule has 0 bridgehead atoms. The Morgan fingerprint density at radius 2 is 1.46 bits per heavy atom. The van der Waals surface area contributed by atoms with Gasteiger partial charge < -0.3 is 14.2 Å². The van der Waals surface area contributed by atoms with E-state index in [1.54, 1.807) is 0 Å². The fourth-order valence-corrected chi connectivity index (χ4v) is 2.93. The molecule has 6 nitrogen and oxygen atoms in total. The van der Waals surface area contributed by atoms with Crippen LogP contribution in [0.3, 0.4) is 0 Å². The maximum Gasteiger partial charge on any atom is 0.413 e. The highest BCUT2D eigenvalue weighted by Gasteiger charge is 2.45. The third-order valence-electron chi connectivity index (χ3n) is 4.44. The molecule has 2 aromatic rings. The molecule has 1 saturated heterocycles. The van der Waals surface area contributed by atoms with Gasteiger partial charge in [0.25, 0.3) is 0 Å². The summed E-state index contributed by atoms with van der Waals surface area (Å²) in [4.78, 5) is 26.9. The van der Waals surface area contributed by atoms with Crippen molar-refractivity contribution in [3.8, 4) is 0 Å². The molecule has 1 aliphatic rings. The summed E-state index contributed by atoms with van der Waals surface area (Å²) < 4.78 is 16.2. The number of esters is 1. The lowest BCUT2D eigenvalue weighted by Gasteiger charge is -2.30. The molecule has 1 amide bonds. The van der Waals surface area contributed by atoms with E-state index in [2.05, 4.69) is 0 Å². The highest BCUT2D eigenvalue weighted by Crippen LogP contribution is 2.25. The lowest BCUT2D eigenvalue weighted by atomic mass is 10.0. The highest BCUT2D eigenvalue weighted by atomic mass is 16.6. The van der Waals surface area contributed by atoms with E-state index >= 15 is 0 Å². The van der Waals surface area contributed by atoms with E-state index in [1.807, 2.05) is 74.5 Å². The molecular weight excluding hydrogens is 358 g/mol. The molecule has 3 rings (SSSR count). The summed E-state index contributed by atoms with van der Waals surface area (Å²) in [6, 6.07) is 18.1. The second kappa shape index (κ2) is 9.37. The minimum Gasteiger partial charge on any atom is -0.459 e. The molecule has 0 aromatic heterocycles. The van der Waals surface area contributed by atoms with Gasteiger partial charge in [-0.2, -0.15) is 0 Å². The van der Waals surface area contributed by atoms with Crippen LogP contribution in [0.25, 0.3) is 0 Å². The summed E-state index contributed by atoms with van der Waals surface area (Å²) in [7, 11) is 0. The van der Waals surface area contributed by atoms with Crippen molar-refractivity contribution in [2.24, 2.45) is 5.92 Å². The number of carbonyl (C=O) groups is 2. The van der Waals surface area contributed by atoms with Crippen molar-refractivity contribution in [3.63, 3.8) is 0 Å². The monoisotopic (exact) mass is 383 g/mol. The van der Waals surface area contributed by atoms with Crippen molar-refractivity contribution in [3.05, 3.63) is 71.8 Å². The first kappa shape index (κ1) is 19.9. The van der Waals surface area contributed by atoms with Crippen LogP contribution >= 0.6 is 0 Å². The van der Waals surface area contributed by atoms with Crippen LogP contribution in [-0.2, 0) is 32.2 Å². The normalized spacial score (nSPS) is 16.3. The predicted octanol–water partition coefficient (Wildman–Crippen LogP) is 3.75. The Hall–Kier alpha value is -2.86. The zero-order valence-corrected chi connectivity index (χ0v) is 16.1. The average Bonchev–Trinajstić information content (AvgIpc) is 3.54. The topological polar surface area (TPSA) is 68.4 Å². The van der Waals surface area contributed by atoms with Gasteiger partial charge in [0.1, 0.15) is 19.3 Å². The lowest BCUT2D eigenvalue weighted by molar-refractivity contribution is -0.153. The van der Waals surface area contributed by atoms with Crippen LogP contribution in [0.1, 0.15) is 25.0 Å². The molecular formula is C22H25NO5. The quantitative estimate of drug-likeness (QED) is 0.513. The van der Waals surface area contributed by atoms with Gasteiger partial charge in [-0.25, -0.2) is 9.59 Å². The zero-order valence-electron chi connectivity index (χ0n) is 16.1. The van der Waals surface area contributed by atoms with Gasteiger partial charge in [-0.3, -0.25) is 4.90 Å². The van der Waals surface area contributed by atoms with Crippen molar-refractivity contribution in [1.29, 1.82) is 0 Å². The van der Waals surface area contributed by atoms with Crippen LogP contribution in [0.15, 0.2) is 60.7 Å². The molecule has 1 heterocycles. The largest absolute Gasteiger partial charge is 0.459 e. The van der Waals surface area contributed by atoms with Crippen molar-refractivity contribution < 1.29 is 23.8 Å². The standard InChI is InChI=1S/C22H25NO5/c1-16(2)20(21(24)27-13-17-9-5-3-6-10-17)23(19-15-26-19)22(25)28-14-18-11-7-4-8-12-18/h3-12,16,19-20H,13-15H2,1-2H3. The Labute approximate surface area is 165 Å². The van der Waals surface area contributed by atoms with E-state index in [4.69, 9.17) is 14.2 Å². The number of rotatable bonds is 8. The van der Waals surface area contributed by atoms with E-state index in [1.165, 1.54) is 4.90 Å². The SMILES string of the molecule is CC(C)C(C(=O)OCc1ccccc1)N(C(=O)OCc1ccccc1)C1CO1. The molecule has 2 unspecified atom stereocenters. The fraction of sp³-hybridized carbons (Fsp3) is 0.364. The van der Waals surface area contributed by atoms with Crippen LogP contribution in [-0.4, -0.2) is 35.8 Å². The van der Waals surface area contributed by atoms with Gasteiger partial charge in [0.15, 0.2) is 6.23 Å². The minimum absolute atomic E-state index is 0.132. The molecule has 0 aliphatic carbocycles. The van der Waals surface area contributed by atoms with E-state index in [-0.39, 0.29) is 19.1 Å². The number of hydrogen-bond acceptors (Lipinski definition) is 5. The summed E-state index contributed by atoms with van der Waals surface area (Å²) in [5.41, 5.74) is 1.76. The van der Waals surface area contributed by atoms with Crippen LogP contribution in [0.4, 0.5) is 4.79 Å². The number of nitrogens with zero attached hydrogens (tertiary/aromatic N) is 1. The molecule has 0 radical (unpaired) electrons. The highest BCUT2D eigenvalue weighted by molar-refractivity contribution is 5.82. The predicted molar refractivity (Wildman–Crippen MR) is 103 cm³/mol. The van der Waals surface area contributed by atoms with Crippen LogP contribution in [0.2, 0.25) is 0 Å². The third-order valence-corrected chi connectivity index (χ3v) is 4.44. The number of carbonyl (C=O) groups excluding carboxylic acids is 2. The maximum atomic E-state index is 12.8. The third kappa shape index (κ3) is 5.33. The van der Waals surface area contributed by atoms with Crippen LogP contribution < -0.4 is 0 Å². The first-order chi connectivity index (χ1) is 13.6. The van der Waals surface area contributed by atoms with Gasteiger partial charge in [-0.05, 0) is 17.0 Å². The number of hydrogen-bond donors (Lipinski definition) is 0. The van der Waals surface area contributed by atoms with Gasteiger partial charge in [0.05, 0.1) is 6.61 Å². The molecule has 6 heteroatoms. The van der Waals surface area contributed by atoms with E-state index < -0.39 is 24.3 Å². The first-order valence-electron chi connectivity index (χ1n) is 9.37. The molecule has 0 saturated carbocycles. The molecule has 0 spiro atoms. The summed E-state index contributed by atoms with van der Waals surface area (Å²) in [5.74, 6) is -0.622. The second-order valence-corrected chi connectivity index (χ2v) is 7.02. The first-order valence-corrected chi connectivity index (χ1v) is 9.37. The van der Waals surface area contributed by atoms with Gasteiger partial charge in [0.2, 0.25) is 0 Å². The summed E-state index contributed by atoms with van der Waals surface area (Å²) in [6.07, 6.45) is -1.04. The molecule has 2 aromatic carbocycles. The minimum atomic E-state index is -0.778. The van der Waals surface area contributed by atoms with Crippen LogP contribution in [0.5, 0.6) is 0 Å². The van der Waals surface area contributed by atoms with Gasteiger partial charge in [-0.1, -0.05) is 74.5 Å². The second-order valence-electron chi connectivity index (χ2n) is 7.02. The Morgan fingerprint density at radius 3 is 1.93 bits per heavy atom. The zero-order chi connectivity index (χ0) is 19.9. The Balaban J connectivity index is 1.66. The van der Waals surface area contributed by atoms with Crippen molar-refractivity contribution in [1.82, 2.24) is 4.90 Å². The molecule has 28 heavy (non-hydrogen) atoms. The fourth-order valence-electron chi connectivity index (χ4n) is 2.93. The van der Waals surface area contributed by atoms with Gasteiger partial charge in [-0.15, -0.1) is 0 Å². The molecule has 148 valence electrons. The smallest absolute Gasteiger partial charge is 0.413 e. The summed E-state index contributed by atoms with van der Waals surface area (Å²) in [5, 5.41) is 0. The van der Waals surface area contributed by atoms with E-state index in [0.29, 0.717) is 6.61 Å². The molecule has 0 N–H and O–H groups in total. The number of amides is 1. The van der Waals surface area contributed by atoms with E-state index in [9.17, 15) is 9.59 Å². The summed E-state index contributed by atoms with van der Waals surface area (Å²) >= 11 is 0. The lowest BCUT2D eigenvalue weighted by Crippen LogP contribution is -2.50.